The first-order chi connectivity index (χ1) is 17.0. The minimum absolute atomic E-state index is 0.0345. The van der Waals surface area contributed by atoms with Gasteiger partial charge in [-0.3, -0.25) is 9.59 Å². The number of ether oxygens (including phenoxy) is 1. The summed E-state index contributed by atoms with van der Waals surface area (Å²) in [6.07, 6.45) is 7.90. The van der Waals surface area contributed by atoms with E-state index in [2.05, 4.69) is 28.6 Å². The zero-order valence-corrected chi connectivity index (χ0v) is 20.3. The quantitative estimate of drug-likeness (QED) is 0.538. The standard InChI is InChI=1S/C27H31N5O3/c1-18(33)14-23(21-7-10-25(35-2)29-16-21)32-13-12-31-17-19(15-24(31)27(32)34)5-8-22-9-6-20-4-3-11-28-26(20)30-22/h6-7,9-10,15-17,23H,3-5,8,11-14H2,1-2H3,(H,28,30)/t23-/m0/s1. The molecular weight excluding hydrogens is 442 g/mol. The van der Waals surface area contributed by atoms with Gasteiger partial charge in [-0.1, -0.05) is 12.1 Å². The molecule has 8 heteroatoms. The molecule has 0 saturated heterocycles. The molecule has 0 aliphatic carbocycles. The van der Waals surface area contributed by atoms with E-state index in [4.69, 9.17) is 9.72 Å². The summed E-state index contributed by atoms with van der Waals surface area (Å²) in [4.78, 5) is 36.5. The largest absolute Gasteiger partial charge is 0.481 e. The van der Waals surface area contributed by atoms with Crippen molar-refractivity contribution >= 4 is 17.5 Å². The molecule has 0 unspecified atom stereocenters. The second-order valence-corrected chi connectivity index (χ2v) is 9.32. The zero-order chi connectivity index (χ0) is 24.4. The minimum Gasteiger partial charge on any atom is -0.481 e. The van der Waals surface area contributed by atoms with Crippen LogP contribution in [-0.2, 0) is 30.6 Å². The summed E-state index contributed by atoms with van der Waals surface area (Å²) in [5.41, 5.74) is 4.97. The highest BCUT2D eigenvalue weighted by Gasteiger charge is 2.32. The maximum atomic E-state index is 13.5. The van der Waals surface area contributed by atoms with Crippen molar-refractivity contribution in [2.24, 2.45) is 0 Å². The number of aryl methyl sites for hydroxylation is 3. The van der Waals surface area contributed by atoms with Crippen LogP contribution in [0.5, 0.6) is 5.88 Å². The molecule has 0 fully saturated rings. The van der Waals surface area contributed by atoms with Crippen LogP contribution in [0.15, 0.2) is 42.7 Å². The Morgan fingerprint density at radius 2 is 2.09 bits per heavy atom. The smallest absolute Gasteiger partial charge is 0.271 e. The van der Waals surface area contributed by atoms with Crippen LogP contribution < -0.4 is 10.1 Å². The summed E-state index contributed by atoms with van der Waals surface area (Å²) in [5.74, 6) is 1.50. The Hall–Kier alpha value is -3.68. The van der Waals surface area contributed by atoms with E-state index >= 15 is 0 Å². The minimum atomic E-state index is -0.349. The van der Waals surface area contributed by atoms with Crippen LogP contribution in [0.1, 0.15) is 58.7 Å². The maximum absolute atomic E-state index is 13.5. The van der Waals surface area contributed by atoms with E-state index in [1.165, 1.54) is 5.56 Å². The summed E-state index contributed by atoms with van der Waals surface area (Å²) in [6, 6.07) is 9.58. The average molecular weight is 474 g/mol. The molecule has 0 spiro atoms. The lowest BCUT2D eigenvalue weighted by atomic mass is 10.0. The second-order valence-electron chi connectivity index (χ2n) is 9.32. The number of nitrogens with one attached hydrogen (secondary N) is 1. The number of fused-ring (bicyclic) bond motifs is 2. The highest BCUT2D eigenvalue weighted by molar-refractivity contribution is 5.94. The molecule has 1 atom stereocenters. The van der Waals surface area contributed by atoms with Gasteiger partial charge in [0.05, 0.1) is 13.2 Å². The van der Waals surface area contributed by atoms with Gasteiger partial charge in [-0.15, -0.1) is 0 Å². The Morgan fingerprint density at radius 3 is 2.86 bits per heavy atom. The summed E-state index contributed by atoms with van der Waals surface area (Å²) >= 11 is 0. The fraction of sp³-hybridized carbons (Fsp3) is 0.407. The Bertz CT molecular complexity index is 1230. The van der Waals surface area contributed by atoms with Gasteiger partial charge in [0, 0.05) is 50.2 Å². The summed E-state index contributed by atoms with van der Waals surface area (Å²) in [5, 5.41) is 3.39. The molecule has 2 aliphatic rings. The molecule has 1 amide bonds. The Labute approximate surface area is 205 Å². The lowest BCUT2D eigenvalue weighted by Gasteiger charge is -2.35. The number of hydrogen-bond acceptors (Lipinski definition) is 6. The number of rotatable bonds is 8. The number of ketones is 1. The normalized spacial score (nSPS) is 15.7. The van der Waals surface area contributed by atoms with E-state index in [1.807, 2.05) is 16.7 Å². The molecule has 0 bridgehead atoms. The third-order valence-corrected chi connectivity index (χ3v) is 6.85. The van der Waals surface area contributed by atoms with Crippen LogP contribution in [0.2, 0.25) is 0 Å². The van der Waals surface area contributed by atoms with Crippen molar-refractivity contribution in [1.29, 1.82) is 0 Å². The van der Waals surface area contributed by atoms with Gasteiger partial charge in [0.25, 0.3) is 5.91 Å². The monoisotopic (exact) mass is 473 g/mol. The number of amides is 1. The molecule has 8 nitrogen and oxygen atoms in total. The molecule has 0 saturated carbocycles. The number of aromatic nitrogens is 3. The number of carbonyl (C=O) groups is 2. The van der Waals surface area contributed by atoms with Crippen molar-refractivity contribution in [3.05, 3.63) is 70.8 Å². The lowest BCUT2D eigenvalue weighted by molar-refractivity contribution is -0.118. The Balaban J connectivity index is 1.32. The third-order valence-electron chi connectivity index (χ3n) is 6.85. The van der Waals surface area contributed by atoms with Gasteiger partial charge in [0.1, 0.15) is 17.3 Å². The van der Waals surface area contributed by atoms with E-state index in [-0.39, 0.29) is 24.2 Å². The summed E-state index contributed by atoms with van der Waals surface area (Å²) in [6.45, 7) is 3.77. The number of methoxy groups -OCH3 is 1. The van der Waals surface area contributed by atoms with Crippen molar-refractivity contribution in [2.45, 2.75) is 51.6 Å². The van der Waals surface area contributed by atoms with Gasteiger partial charge >= 0.3 is 0 Å². The molecule has 35 heavy (non-hydrogen) atoms. The van der Waals surface area contributed by atoms with Crippen molar-refractivity contribution < 1.29 is 14.3 Å². The molecule has 5 rings (SSSR count). The molecule has 2 aliphatic heterocycles. The highest BCUT2D eigenvalue weighted by atomic mass is 16.5. The molecule has 3 aromatic heterocycles. The predicted octanol–water partition coefficient (Wildman–Crippen LogP) is 3.61. The average Bonchev–Trinajstić information content (AvgIpc) is 3.30. The molecule has 0 radical (unpaired) electrons. The maximum Gasteiger partial charge on any atom is 0.271 e. The predicted molar refractivity (Wildman–Crippen MR) is 133 cm³/mol. The molecule has 0 aromatic carbocycles. The topological polar surface area (TPSA) is 89.4 Å². The van der Waals surface area contributed by atoms with E-state index in [9.17, 15) is 9.59 Å². The SMILES string of the molecule is COc1ccc([C@H](CC(C)=O)N2CCn3cc(CCc4ccc5c(n4)NCCC5)cc3C2=O)cn1. The Morgan fingerprint density at radius 1 is 1.20 bits per heavy atom. The van der Waals surface area contributed by atoms with Crippen LogP contribution in [-0.4, -0.2) is 51.3 Å². The number of nitrogens with zero attached hydrogens (tertiary/aromatic N) is 4. The first-order valence-corrected chi connectivity index (χ1v) is 12.2. The van der Waals surface area contributed by atoms with E-state index < -0.39 is 0 Å². The third kappa shape index (κ3) is 4.92. The van der Waals surface area contributed by atoms with Gasteiger partial charge in [-0.05, 0) is 61.4 Å². The lowest BCUT2D eigenvalue weighted by Crippen LogP contribution is -2.42. The van der Waals surface area contributed by atoms with Crippen molar-refractivity contribution in [3.63, 3.8) is 0 Å². The summed E-state index contributed by atoms with van der Waals surface area (Å²) < 4.78 is 7.19. The number of Topliss-reactive ketones (excluding diaryl/α,β-unsaturated/α-hetero) is 1. The first kappa shape index (κ1) is 23.1. The molecule has 5 heterocycles. The van der Waals surface area contributed by atoms with E-state index in [0.717, 1.165) is 54.9 Å². The van der Waals surface area contributed by atoms with Crippen molar-refractivity contribution in [3.8, 4) is 5.88 Å². The molecule has 3 aromatic rings. The first-order valence-electron chi connectivity index (χ1n) is 12.2. The Kier molecular flexibility index (Phi) is 6.53. The van der Waals surface area contributed by atoms with Gasteiger partial charge in [-0.2, -0.15) is 0 Å². The van der Waals surface area contributed by atoms with Gasteiger partial charge in [0.15, 0.2) is 0 Å². The van der Waals surface area contributed by atoms with Gasteiger partial charge in [0.2, 0.25) is 5.88 Å². The fourth-order valence-electron chi connectivity index (χ4n) is 5.00. The van der Waals surface area contributed by atoms with Crippen molar-refractivity contribution in [2.75, 3.05) is 25.5 Å². The number of pyridine rings is 2. The molecule has 182 valence electrons. The van der Waals surface area contributed by atoms with Crippen LogP contribution in [0.3, 0.4) is 0 Å². The molecule has 1 N–H and O–H groups in total. The highest BCUT2D eigenvalue weighted by Crippen LogP contribution is 2.30. The number of carbonyl (C=O) groups excluding carboxylic acids is 2. The summed E-state index contributed by atoms with van der Waals surface area (Å²) in [7, 11) is 1.56. The van der Waals surface area contributed by atoms with Crippen LogP contribution in [0, 0.1) is 0 Å². The van der Waals surface area contributed by atoms with Crippen molar-refractivity contribution in [1.82, 2.24) is 19.4 Å². The van der Waals surface area contributed by atoms with Crippen LogP contribution >= 0.6 is 0 Å². The number of anilines is 1. The van der Waals surface area contributed by atoms with Crippen LogP contribution in [0.25, 0.3) is 0 Å². The second kappa shape index (κ2) is 9.90. The zero-order valence-electron chi connectivity index (χ0n) is 20.3. The van der Waals surface area contributed by atoms with E-state index in [0.29, 0.717) is 24.7 Å². The van der Waals surface area contributed by atoms with Gasteiger partial charge < -0.3 is 19.5 Å². The van der Waals surface area contributed by atoms with Crippen LogP contribution in [0.4, 0.5) is 5.82 Å². The van der Waals surface area contributed by atoms with Gasteiger partial charge in [-0.25, -0.2) is 9.97 Å². The number of hydrogen-bond donors (Lipinski definition) is 1. The van der Waals surface area contributed by atoms with E-state index in [1.54, 1.807) is 31.2 Å². The molecular formula is C27H31N5O3. The fourth-order valence-corrected chi connectivity index (χ4v) is 5.00.